The van der Waals surface area contributed by atoms with Gasteiger partial charge in [0.1, 0.15) is 11.6 Å². The van der Waals surface area contributed by atoms with Crippen LogP contribution < -0.4 is 5.32 Å². The molecule has 1 amide bonds. The molecule has 2 aromatic heterocycles. The molecule has 1 N–H and O–H groups in total. The summed E-state index contributed by atoms with van der Waals surface area (Å²) in [4.78, 5) is 16.9. The third kappa shape index (κ3) is 3.44. The molecular weight excluding hydrogens is 352 g/mol. The van der Waals surface area contributed by atoms with E-state index < -0.39 is 0 Å². The van der Waals surface area contributed by atoms with Crippen LogP contribution in [0.2, 0.25) is 0 Å². The Bertz CT molecular complexity index is 1080. The highest BCUT2D eigenvalue weighted by molar-refractivity contribution is 6.03. The minimum atomic E-state index is -0.325. The van der Waals surface area contributed by atoms with E-state index >= 15 is 0 Å². The van der Waals surface area contributed by atoms with E-state index in [9.17, 15) is 4.79 Å². The summed E-state index contributed by atoms with van der Waals surface area (Å²) < 4.78 is 7.10. The zero-order valence-electron chi connectivity index (χ0n) is 15.7. The Morgan fingerprint density at radius 3 is 2.39 bits per heavy atom. The maximum absolute atomic E-state index is 12.9. The van der Waals surface area contributed by atoms with Gasteiger partial charge in [-0.2, -0.15) is 5.10 Å². The summed E-state index contributed by atoms with van der Waals surface area (Å²) in [5, 5.41) is 7.64. The van der Waals surface area contributed by atoms with Crippen molar-refractivity contribution < 1.29 is 9.21 Å². The first kappa shape index (κ1) is 17.7. The molecule has 2 aromatic carbocycles. The fraction of sp³-hybridized carbons (Fsp3) is 0.136. The number of carbonyl (C=O) groups is 1. The van der Waals surface area contributed by atoms with Gasteiger partial charge in [0.25, 0.3) is 5.91 Å². The van der Waals surface area contributed by atoms with E-state index in [0.717, 1.165) is 16.9 Å². The maximum Gasteiger partial charge on any atom is 0.279 e. The highest BCUT2D eigenvalue weighted by Crippen LogP contribution is 2.26. The fourth-order valence-corrected chi connectivity index (χ4v) is 3.00. The Hall–Kier alpha value is -3.67. The number of aromatic nitrogens is 3. The number of anilines is 1. The summed E-state index contributed by atoms with van der Waals surface area (Å²) in [5.41, 5.74) is 2.88. The highest BCUT2D eigenvalue weighted by Gasteiger charge is 2.21. The van der Waals surface area contributed by atoms with Crippen LogP contribution in [0, 0.1) is 0 Å². The van der Waals surface area contributed by atoms with Gasteiger partial charge in [0, 0.05) is 17.5 Å². The zero-order chi connectivity index (χ0) is 19.5. The minimum Gasteiger partial charge on any atom is -0.447 e. The summed E-state index contributed by atoms with van der Waals surface area (Å²) in [6, 6.07) is 21.4. The Morgan fingerprint density at radius 1 is 1.04 bits per heavy atom. The highest BCUT2D eigenvalue weighted by atomic mass is 16.3. The molecule has 140 valence electrons. The lowest BCUT2D eigenvalue weighted by atomic mass is 10.1. The van der Waals surface area contributed by atoms with E-state index in [1.54, 1.807) is 4.68 Å². The maximum atomic E-state index is 12.9. The van der Waals surface area contributed by atoms with Crippen LogP contribution >= 0.6 is 0 Å². The topological polar surface area (TPSA) is 73.0 Å². The first-order valence-corrected chi connectivity index (χ1v) is 9.09. The summed E-state index contributed by atoms with van der Waals surface area (Å²) >= 11 is 0. The third-order valence-electron chi connectivity index (χ3n) is 4.36. The number of para-hydroxylation sites is 1. The average Bonchev–Trinajstić information content (AvgIpc) is 3.37. The molecule has 0 saturated heterocycles. The quantitative estimate of drug-likeness (QED) is 0.541. The van der Waals surface area contributed by atoms with Gasteiger partial charge in [-0.15, -0.1) is 0 Å². The lowest BCUT2D eigenvalue weighted by Crippen LogP contribution is -2.17. The van der Waals surface area contributed by atoms with E-state index in [-0.39, 0.29) is 17.5 Å². The normalized spacial score (nSPS) is 11.0. The van der Waals surface area contributed by atoms with Gasteiger partial charge in [0.2, 0.25) is 0 Å². The number of nitrogens with zero attached hydrogens (tertiary/aromatic N) is 3. The molecule has 6 nitrogen and oxygen atoms in total. The molecule has 0 aliphatic carbocycles. The van der Waals surface area contributed by atoms with E-state index in [1.165, 1.54) is 6.39 Å². The molecule has 0 aliphatic rings. The lowest BCUT2D eigenvalue weighted by molar-refractivity contribution is 0.102. The molecule has 0 atom stereocenters. The third-order valence-corrected chi connectivity index (χ3v) is 4.36. The van der Waals surface area contributed by atoms with Gasteiger partial charge in [-0.1, -0.05) is 62.4 Å². The second kappa shape index (κ2) is 7.52. The van der Waals surface area contributed by atoms with Crippen molar-refractivity contribution in [1.29, 1.82) is 0 Å². The minimum absolute atomic E-state index is 0.0576. The molecule has 0 bridgehead atoms. The Kier molecular flexibility index (Phi) is 4.76. The molecular formula is C22H20N4O2. The van der Waals surface area contributed by atoms with Crippen LogP contribution in [-0.4, -0.2) is 20.7 Å². The van der Waals surface area contributed by atoms with Gasteiger partial charge >= 0.3 is 0 Å². The van der Waals surface area contributed by atoms with Crippen LogP contribution in [-0.2, 0) is 0 Å². The summed E-state index contributed by atoms with van der Waals surface area (Å²) in [7, 11) is 0. The van der Waals surface area contributed by atoms with Crippen molar-refractivity contribution in [1.82, 2.24) is 14.8 Å². The van der Waals surface area contributed by atoms with Gasteiger partial charge in [-0.3, -0.25) is 4.79 Å². The molecule has 2 heterocycles. The van der Waals surface area contributed by atoms with E-state index in [4.69, 9.17) is 9.52 Å². The number of nitrogens with one attached hydrogen (secondary N) is 1. The number of hydrogen-bond acceptors (Lipinski definition) is 4. The molecule has 0 unspecified atom stereocenters. The summed E-state index contributed by atoms with van der Waals surface area (Å²) in [6.45, 7) is 3.91. The smallest absolute Gasteiger partial charge is 0.279 e. The molecule has 0 radical (unpaired) electrons. The van der Waals surface area contributed by atoms with Crippen LogP contribution in [0.25, 0.3) is 16.9 Å². The number of carbonyl (C=O) groups excluding carboxylic acids is 1. The van der Waals surface area contributed by atoms with Crippen LogP contribution in [0.4, 0.5) is 5.82 Å². The number of oxazole rings is 1. The number of hydrogen-bond donors (Lipinski definition) is 1. The second-order valence-electron chi connectivity index (χ2n) is 6.70. The van der Waals surface area contributed by atoms with Gasteiger partial charge in [0.15, 0.2) is 12.1 Å². The van der Waals surface area contributed by atoms with Crippen molar-refractivity contribution in [2.24, 2.45) is 0 Å². The number of benzene rings is 2. The lowest BCUT2D eigenvalue weighted by Gasteiger charge is -2.09. The molecule has 4 aromatic rings. The summed E-state index contributed by atoms with van der Waals surface area (Å²) in [5.74, 6) is 0.857. The monoisotopic (exact) mass is 372 g/mol. The zero-order valence-corrected chi connectivity index (χ0v) is 15.7. The van der Waals surface area contributed by atoms with Gasteiger partial charge in [-0.05, 0) is 12.1 Å². The Labute approximate surface area is 162 Å². The molecule has 0 saturated carbocycles. The summed E-state index contributed by atoms with van der Waals surface area (Å²) in [6.07, 6.45) is 1.30. The largest absolute Gasteiger partial charge is 0.447 e. The molecule has 0 aliphatic heterocycles. The molecule has 28 heavy (non-hydrogen) atoms. The SMILES string of the molecule is CC(C)c1ocnc1C(=O)Nc1cc(-c2ccccc2)nn1-c1ccccc1. The molecule has 0 spiro atoms. The fourth-order valence-electron chi connectivity index (χ4n) is 3.00. The van der Waals surface area contributed by atoms with E-state index in [0.29, 0.717) is 11.6 Å². The molecule has 6 heteroatoms. The average molecular weight is 372 g/mol. The predicted octanol–water partition coefficient (Wildman–Crippen LogP) is 4.90. The van der Waals surface area contributed by atoms with Crippen molar-refractivity contribution in [3.05, 3.63) is 84.6 Å². The Morgan fingerprint density at radius 2 is 1.71 bits per heavy atom. The van der Waals surface area contributed by atoms with Crippen molar-refractivity contribution in [3.63, 3.8) is 0 Å². The van der Waals surface area contributed by atoms with Crippen LogP contribution in [0.1, 0.15) is 36.0 Å². The number of rotatable bonds is 5. The van der Waals surface area contributed by atoms with Crippen molar-refractivity contribution in [3.8, 4) is 16.9 Å². The van der Waals surface area contributed by atoms with Gasteiger partial charge in [0.05, 0.1) is 11.4 Å². The first-order chi connectivity index (χ1) is 13.6. The van der Waals surface area contributed by atoms with Gasteiger partial charge in [-0.25, -0.2) is 9.67 Å². The first-order valence-electron chi connectivity index (χ1n) is 9.09. The van der Waals surface area contributed by atoms with Gasteiger partial charge < -0.3 is 9.73 Å². The predicted molar refractivity (Wildman–Crippen MR) is 108 cm³/mol. The Balaban J connectivity index is 1.74. The standard InChI is InChI=1S/C22H20N4O2/c1-15(2)21-20(23-14-28-21)22(27)24-19-13-18(16-9-5-3-6-10-16)25-26(19)17-11-7-4-8-12-17/h3-15H,1-2H3,(H,24,27). The second-order valence-corrected chi connectivity index (χ2v) is 6.70. The van der Waals surface area contributed by atoms with E-state index in [1.807, 2.05) is 80.6 Å². The number of amides is 1. The molecule has 4 rings (SSSR count). The van der Waals surface area contributed by atoms with Crippen molar-refractivity contribution >= 4 is 11.7 Å². The van der Waals surface area contributed by atoms with Crippen LogP contribution in [0.5, 0.6) is 0 Å². The van der Waals surface area contributed by atoms with Crippen LogP contribution in [0.3, 0.4) is 0 Å². The van der Waals surface area contributed by atoms with Crippen molar-refractivity contribution in [2.45, 2.75) is 19.8 Å². The van der Waals surface area contributed by atoms with Crippen LogP contribution in [0.15, 0.2) is 77.5 Å². The molecule has 0 fully saturated rings. The van der Waals surface area contributed by atoms with Crippen molar-refractivity contribution in [2.75, 3.05) is 5.32 Å². The van der Waals surface area contributed by atoms with E-state index in [2.05, 4.69) is 10.3 Å².